The first-order valence-corrected chi connectivity index (χ1v) is 8.98. The molecule has 0 bridgehead atoms. The van der Waals surface area contributed by atoms with Crippen LogP contribution in [0, 0.1) is 6.92 Å². The number of ether oxygens (including phenoxy) is 1. The quantitative estimate of drug-likeness (QED) is 0.614. The Kier molecular flexibility index (Phi) is 5.71. The molecule has 0 aliphatic heterocycles. The molecule has 1 N–H and O–H groups in total. The molecular weight excluding hydrogens is 382 g/mol. The fraction of sp³-hybridized carbons (Fsp3) is 0.263. The number of halogens is 1. The Labute approximate surface area is 155 Å². The zero-order valence-electron chi connectivity index (χ0n) is 14.0. The molecule has 1 amide bonds. The number of hydrogen-bond donors (Lipinski definition) is 1. The van der Waals surface area contributed by atoms with E-state index in [1.54, 1.807) is 0 Å². The van der Waals surface area contributed by atoms with Crippen LogP contribution in [0.3, 0.4) is 0 Å². The number of amides is 1. The van der Waals surface area contributed by atoms with Crippen molar-refractivity contribution in [2.75, 3.05) is 13.2 Å². The van der Waals surface area contributed by atoms with E-state index in [4.69, 9.17) is 4.74 Å². The van der Waals surface area contributed by atoms with Gasteiger partial charge in [0.15, 0.2) is 6.61 Å². The van der Waals surface area contributed by atoms with Crippen LogP contribution in [0.5, 0.6) is 5.75 Å². The number of carbonyl (C=O) groups excluding carboxylic acids is 1. The van der Waals surface area contributed by atoms with Gasteiger partial charge in [-0.1, -0.05) is 30.3 Å². The minimum Gasteiger partial charge on any atom is -0.483 e. The number of nitrogens with one attached hydrogen (secondary N) is 1. The first-order chi connectivity index (χ1) is 12.1. The van der Waals surface area contributed by atoms with E-state index >= 15 is 0 Å². The molecule has 5 nitrogen and oxygen atoms in total. The van der Waals surface area contributed by atoms with Crippen molar-refractivity contribution < 1.29 is 9.53 Å². The van der Waals surface area contributed by atoms with Gasteiger partial charge in [0.2, 0.25) is 0 Å². The lowest BCUT2D eigenvalue weighted by molar-refractivity contribution is -0.123. The fourth-order valence-electron chi connectivity index (χ4n) is 2.58. The van der Waals surface area contributed by atoms with Crippen LogP contribution in [-0.4, -0.2) is 28.8 Å². The van der Waals surface area contributed by atoms with Gasteiger partial charge < -0.3 is 10.1 Å². The molecule has 130 valence electrons. The van der Waals surface area contributed by atoms with Gasteiger partial charge in [-0.2, -0.15) is 5.10 Å². The number of rotatable bonds is 7. The summed E-state index contributed by atoms with van der Waals surface area (Å²) in [6.07, 6.45) is 4.64. The van der Waals surface area contributed by atoms with Crippen molar-refractivity contribution in [3.05, 3.63) is 58.8 Å². The highest BCUT2D eigenvalue weighted by atomic mass is 79.9. The molecule has 3 rings (SSSR count). The molecule has 0 saturated heterocycles. The standard InChI is InChI=1S/C19H20BrN3O2/c1-14-11-22-23(12-14)10-4-9-21-18(24)13-25-17-8-7-15-5-2-3-6-16(15)19(17)20/h2-3,5-8,11-12H,4,9-10,13H2,1H3,(H,21,24). The van der Waals surface area contributed by atoms with E-state index in [2.05, 4.69) is 26.3 Å². The minimum atomic E-state index is -0.128. The van der Waals surface area contributed by atoms with Crippen LogP contribution >= 0.6 is 15.9 Å². The van der Waals surface area contributed by atoms with Gasteiger partial charge >= 0.3 is 0 Å². The summed E-state index contributed by atoms with van der Waals surface area (Å²) in [5, 5.41) is 9.27. The third kappa shape index (κ3) is 4.60. The monoisotopic (exact) mass is 401 g/mol. The summed E-state index contributed by atoms with van der Waals surface area (Å²) in [4.78, 5) is 11.9. The van der Waals surface area contributed by atoms with Gasteiger partial charge in [-0.25, -0.2) is 0 Å². The number of carbonyl (C=O) groups is 1. The van der Waals surface area contributed by atoms with Gasteiger partial charge in [-0.15, -0.1) is 0 Å². The molecule has 1 aromatic heterocycles. The predicted molar refractivity (Wildman–Crippen MR) is 102 cm³/mol. The molecule has 0 aliphatic carbocycles. The average molecular weight is 402 g/mol. The van der Waals surface area contributed by atoms with E-state index < -0.39 is 0 Å². The second kappa shape index (κ2) is 8.16. The largest absolute Gasteiger partial charge is 0.483 e. The van der Waals surface area contributed by atoms with E-state index in [1.807, 2.05) is 60.4 Å². The van der Waals surface area contributed by atoms with Gasteiger partial charge in [0, 0.05) is 19.3 Å². The molecule has 0 unspecified atom stereocenters. The highest BCUT2D eigenvalue weighted by Gasteiger charge is 2.08. The number of benzene rings is 2. The van der Waals surface area contributed by atoms with Crippen LogP contribution in [0.4, 0.5) is 0 Å². The van der Waals surface area contributed by atoms with E-state index in [0.29, 0.717) is 12.3 Å². The lowest BCUT2D eigenvalue weighted by atomic mass is 10.1. The lowest BCUT2D eigenvalue weighted by Crippen LogP contribution is -2.30. The van der Waals surface area contributed by atoms with Crippen molar-refractivity contribution in [1.82, 2.24) is 15.1 Å². The molecule has 6 heteroatoms. The van der Waals surface area contributed by atoms with Gasteiger partial charge in [0.25, 0.3) is 5.91 Å². The normalized spacial score (nSPS) is 10.8. The Morgan fingerprint density at radius 1 is 1.28 bits per heavy atom. The summed E-state index contributed by atoms with van der Waals surface area (Å²) in [5.41, 5.74) is 1.14. The van der Waals surface area contributed by atoms with Crippen molar-refractivity contribution >= 4 is 32.6 Å². The van der Waals surface area contributed by atoms with Crippen molar-refractivity contribution in [1.29, 1.82) is 0 Å². The van der Waals surface area contributed by atoms with Crippen molar-refractivity contribution in [3.63, 3.8) is 0 Å². The molecule has 0 aliphatic rings. The number of nitrogens with zero attached hydrogens (tertiary/aromatic N) is 2. The molecule has 1 heterocycles. The molecule has 0 radical (unpaired) electrons. The van der Waals surface area contributed by atoms with Crippen LogP contribution < -0.4 is 10.1 Å². The number of hydrogen-bond acceptors (Lipinski definition) is 3. The Morgan fingerprint density at radius 3 is 2.92 bits per heavy atom. The predicted octanol–water partition coefficient (Wildman–Crippen LogP) is 3.69. The minimum absolute atomic E-state index is 0.00216. The highest BCUT2D eigenvalue weighted by Crippen LogP contribution is 2.32. The SMILES string of the molecule is Cc1cnn(CCCNC(=O)COc2ccc3ccccc3c2Br)c1. The number of aromatic nitrogens is 2. The fourth-order valence-corrected chi connectivity index (χ4v) is 3.19. The van der Waals surface area contributed by atoms with Gasteiger partial charge in [-0.05, 0) is 51.7 Å². The van der Waals surface area contributed by atoms with E-state index in [0.717, 1.165) is 33.8 Å². The summed E-state index contributed by atoms with van der Waals surface area (Å²) in [6, 6.07) is 11.9. The van der Waals surface area contributed by atoms with Crippen LogP contribution in [0.15, 0.2) is 53.3 Å². The number of fused-ring (bicyclic) bond motifs is 1. The zero-order chi connectivity index (χ0) is 17.6. The maximum atomic E-state index is 11.9. The Bertz CT molecular complexity index is 876. The maximum Gasteiger partial charge on any atom is 0.257 e. The Morgan fingerprint density at radius 2 is 2.12 bits per heavy atom. The lowest BCUT2D eigenvalue weighted by Gasteiger charge is -2.10. The highest BCUT2D eigenvalue weighted by molar-refractivity contribution is 9.10. The first-order valence-electron chi connectivity index (χ1n) is 8.19. The molecule has 0 fully saturated rings. The first kappa shape index (κ1) is 17.5. The molecule has 2 aromatic carbocycles. The molecule has 0 spiro atoms. The third-order valence-corrected chi connectivity index (χ3v) is 4.65. The zero-order valence-corrected chi connectivity index (χ0v) is 15.6. The number of aryl methyl sites for hydroxylation is 2. The molecule has 0 saturated carbocycles. The molecular formula is C19H20BrN3O2. The van der Waals surface area contributed by atoms with Crippen LogP contribution in [0.2, 0.25) is 0 Å². The van der Waals surface area contributed by atoms with Gasteiger partial charge in [0.1, 0.15) is 5.75 Å². The molecule has 3 aromatic rings. The summed E-state index contributed by atoms with van der Waals surface area (Å²) in [7, 11) is 0. The third-order valence-electron chi connectivity index (χ3n) is 3.84. The maximum absolute atomic E-state index is 11.9. The topological polar surface area (TPSA) is 56.2 Å². The Balaban J connectivity index is 1.45. The second-order valence-electron chi connectivity index (χ2n) is 5.87. The van der Waals surface area contributed by atoms with E-state index in [-0.39, 0.29) is 12.5 Å². The smallest absolute Gasteiger partial charge is 0.257 e. The summed E-state index contributed by atoms with van der Waals surface area (Å²) >= 11 is 3.56. The van der Waals surface area contributed by atoms with Crippen LogP contribution in [-0.2, 0) is 11.3 Å². The Hall–Kier alpha value is -2.34. The van der Waals surface area contributed by atoms with E-state index in [1.165, 1.54) is 0 Å². The van der Waals surface area contributed by atoms with E-state index in [9.17, 15) is 4.79 Å². The molecule has 25 heavy (non-hydrogen) atoms. The van der Waals surface area contributed by atoms with Crippen molar-refractivity contribution in [2.45, 2.75) is 19.9 Å². The van der Waals surface area contributed by atoms with Crippen LogP contribution in [0.25, 0.3) is 10.8 Å². The molecule has 0 atom stereocenters. The summed E-state index contributed by atoms with van der Waals surface area (Å²) in [6.45, 7) is 3.39. The van der Waals surface area contributed by atoms with Crippen LogP contribution in [0.1, 0.15) is 12.0 Å². The second-order valence-corrected chi connectivity index (χ2v) is 6.66. The van der Waals surface area contributed by atoms with Gasteiger partial charge in [0.05, 0.1) is 10.7 Å². The van der Waals surface area contributed by atoms with Crippen molar-refractivity contribution in [3.8, 4) is 5.75 Å². The van der Waals surface area contributed by atoms with Crippen molar-refractivity contribution in [2.24, 2.45) is 0 Å². The summed E-state index contributed by atoms with van der Waals surface area (Å²) in [5.74, 6) is 0.539. The van der Waals surface area contributed by atoms with Gasteiger partial charge in [-0.3, -0.25) is 9.48 Å². The summed E-state index contributed by atoms with van der Waals surface area (Å²) < 4.78 is 8.40. The average Bonchev–Trinajstić information content (AvgIpc) is 3.04.